The van der Waals surface area contributed by atoms with Crippen molar-refractivity contribution < 1.29 is 4.59 Å². The minimum Gasteiger partial charge on any atom is -0.177 e. The van der Waals surface area contributed by atoms with Crippen LogP contribution in [-0.4, -0.2) is 24.4 Å². The Morgan fingerprint density at radius 3 is 2.25 bits per heavy atom. The molecule has 2 heteroatoms. The quantitative estimate of drug-likeness (QED) is 0.413. The molecule has 8 heavy (non-hydrogen) atoms. The molecule has 1 aliphatic heterocycles. The second-order valence-electron chi connectivity index (χ2n) is 2.54. The zero-order chi connectivity index (χ0) is 6.20. The second kappa shape index (κ2) is 1.42. The summed E-state index contributed by atoms with van der Waals surface area (Å²) in [6.07, 6.45) is 4.08. The zero-order valence-electron chi connectivity index (χ0n) is 5.55. The third kappa shape index (κ3) is 0.954. The van der Waals surface area contributed by atoms with Crippen LogP contribution in [0.15, 0.2) is 17.4 Å². The van der Waals surface area contributed by atoms with Crippen molar-refractivity contribution >= 4 is 5.71 Å². The highest BCUT2D eigenvalue weighted by Gasteiger charge is 2.14. The fourth-order valence-electron chi connectivity index (χ4n) is 0.763. The Labute approximate surface area is 49.7 Å². The first-order valence-corrected chi connectivity index (χ1v) is 2.70. The average molecular weight is 111 g/mol. The lowest BCUT2D eigenvalue weighted by atomic mass is 10.4. The second-order valence-corrected chi connectivity index (χ2v) is 2.54. The third-order valence-corrected chi connectivity index (χ3v) is 1.10. The molecule has 1 aliphatic rings. The highest BCUT2D eigenvalue weighted by molar-refractivity contribution is 5.92. The van der Waals surface area contributed by atoms with Crippen molar-refractivity contribution in [1.82, 2.24) is 0 Å². The predicted octanol–water partition coefficient (Wildman–Crippen LogP) is 0.966. The fourth-order valence-corrected chi connectivity index (χ4v) is 0.763. The molecule has 2 nitrogen and oxygen atoms in total. The normalized spacial score (nSPS) is 23.6. The van der Waals surface area contributed by atoms with E-state index in [9.17, 15) is 0 Å². The van der Waals surface area contributed by atoms with Crippen molar-refractivity contribution in [3.05, 3.63) is 12.3 Å². The van der Waals surface area contributed by atoms with Gasteiger partial charge in [0.15, 0.2) is 0 Å². The van der Waals surface area contributed by atoms with Crippen LogP contribution in [0.3, 0.4) is 0 Å². The summed E-state index contributed by atoms with van der Waals surface area (Å²) in [5, 5.41) is 4.26. The Morgan fingerprint density at radius 2 is 2.12 bits per heavy atom. The smallest absolute Gasteiger partial charge is 0.124 e. The molecule has 0 bridgehead atoms. The van der Waals surface area contributed by atoms with Crippen molar-refractivity contribution in [1.29, 1.82) is 0 Å². The number of hydrogen-bond acceptors (Lipinski definition) is 1. The van der Waals surface area contributed by atoms with E-state index in [-0.39, 0.29) is 0 Å². The molecule has 0 aromatic carbocycles. The summed E-state index contributed by atoms with van der Waals surface area (Å²) in [7, 11) is 4.07. The van der Waals surface area contributed by atoms with Gasteiger partial charge >= 0.3 is 0 Å². The van der Waals surface area contributed by atoms with E-state index in [0.717, 1.165) is 5.71 Å². The predicted molar refractivity (Wildman–Crippen MR) is 34.4 cm³/mol. The lowest BCUT2D eigenvalue weighted by Crippen LogP contribution is -2.23. The first-order valence-electron chi connectivity index (χ1n) is 2.70. The minimum absolute atomic E-state index is 0.645. The van der Waals surface area contributed by atoms with Crippen LogP contribution < -0.4 is 0 Å². The molecule has 1 rings (SSSR count). The van der Waals surface area contributed by atoms with E-state index in [1.807, 2.05) is 27.1 Å². The van der Waals surface area contributed by atoms with Gasteiger partial charge in [-0.25, -0.2) is 0 Å². The molecule has 0 N–H and O–H groups in total. The number of allylic oxidation sites excluding steroid dienone is 1. The molecular weight excluding hydrogens is 100 g/mol. The maximum Gasteiger partial charge on any atom is 0.124 e. The molecule has 1 heterocycles. The lowest BCUT2D eigenvalue weighted by molar-refractivity contribution is -0.843. The van der Waals surface area contributed by atoms with Crippen molar-refractivity contribution in [3.8, 4) is 0 Å². The number of nitrogens with zero attached hydrogens (tertiary/aromatic N) is 2. The molecule has 44 valence electrons. The molecule has 0 amide bonds. The molecule has 0 aliphatic carbocycles. The summed E-state index contributed by atoms with van der Waals surface area (Å²) >= 11 is 0. The summed E-state index contributed by atoms with van der Waals surface area (Å²) in [5.41, 5.74) is 1.11. The highest BCUT2D eigenvalue weighted by atomic mass is 15.6. The molecule has 0 atom stereocenters. The maximum absolute atomic E-state index is 4.26. The van der Waals surface area contributed by atoms with Gasteiger partial charge in [-0.05, 0) is 6.92 Å². The van der Waals surface area contributed by atoms with Gasteiger partial charge in [0, 0.05) is 6.08 Å². The van der Waals surface area contributed by atoms with Crippen LogP contribution in [0.5, 0.6) is 0 Å². The summed E-state index contributed by atoms with van der Waals surface area (Å²) in [4.78, 5) is 0. The molecule has 0 saturated heterocycles. The van der Waals surface area contributed by atoms with Gasteiger partial charge in [-0.3, -0.25) is 0 Å². The van der Waals surface area contributed by atoms with Crippen LogP contribution in [0.2, 0.25) is 0 Å². The van der Waals surface area contributed by atoms with E-state index in [1.165, 1.54) is 0 Å². The maximum atomic E-state index is 4.26. The van der Waals surface area contributed by atoms with E-state index in [2.05, 4.69) is 11.3 Å². The van der Waals surface area contributed by atoms with Crippen molar-refractivity contribution in [2.45, 2.75) is 6.92 Å². The molecule has 0 spiro atoms. The van der Waals surface area contributed by atoms with Crippen LogP contribution in [0, 0.1) is 0 Å². The van der Waals surface area contributed by atoms with E-state index in [1.54, 1.807) is 0 Å². The molecule has 0 aromatic heterocycles. The molecular formula is C6H11N2+. The minimum atomic E-state index is 0.645. The zero-order valence-corrected chi connectivity index (χ0v) is 5.55. The largest absolute Gasteiger partial charge is 0.177 e. The first kappa shape index (κ1) is 5.51. The number of hydrogen-bond donors (Lipinski definition) is 0. The summed E-state index contributed by atoms with van der Waals surface area (Å²) in [5.74, 6) is 0. The molecule has 0 fully saturated rings. The van der Waals surface area contributed by atoms with Gasteiger partial charge in [0.1, 0.15) is 6.20 Å². The topological polar surface area (TPSA) is 12.4 Å². The van der Waals surface area contributed by atoms with Crippen LogP contribution in [-0.2, 0) is 0 Å². The molecule has 0 aromatic rings. The lowest BCUT2D eigenvalue weighted by Gasteiger charge is -2.11. The van der Waals surface area contributed by atoms with Crippen molar-refractivity contribution in [2.75, 3.05) is 14.1 Å². The van der Waals surface area contributed by atoms with Gasteiger partial charge in [-0.2, -0.15) is 4.59 Å². The first-order chi connectivity index (χ1) is 3.60. The Kier molecular flexibility index (Phi) is 0.978. The monoisotopic (exact) mass is 111 g/mol. The molecule has 0 radical (unpaired) electrons. The van der Waals surface area contributed by atoms with E-state index >= 15 is 0 Å². The van der Waals surface area contributed by atoms with Crippen LogP contribution in [0.4, 0.5) is 0 Å². The molecule has 0 saturated carbocycles. The summed E-state index contributed by atoms with van der Waals surface area (Å²) in [6.45, 7) is 2.00. The third-order valence-electron chi connectivity index (χ3n) is 1.10. The standard InChI is InChI=1S/C6H11N2/c1-6-4-5-8(2,3)7-6/h4-5H,1-3H3/q+1. The Bertz CT molecular complexity index is 154. The number of quaternary nitrogens is 1. The van der Waals surface area contributed by atoms with Gasteiger partial charge < -0.3 is 0 Å². The Morgan fingerprint density at radius 1 is 1.50 bits per heavy atom. The van der Waals surface area contributed by atoms with Crippen LogP contribution in [0.1, 0.15) is 6.92 Å². The number of rotatable bonds is 0. The van der Waals surface area contributed by atoms with Gasteiger partial charge in [-0.1, -0.05) is 5.10 Å². The van der Waals surface area contributed by atoms with Gasteiger partial charge in [0.05, 0.1) is 19.8 Å². The van der Waals surface area contributed by atoms with Crippen molar-refractivity contribution in [3.63, 3.8) is 0 Å². The van der Waals surface area contributed by atoms with Gasteiger partial charge in [-0.15, -0.1) is 0 Å². The summed E-state index contributed by atoms with van der Waals surface area (Å²) in [6, 6.07) is 0. The average Bonchev–Trinajstić information content (AvgIpc) is 1.82. The van der Waals surface area contributed by atoms with E-state index < -0.39 is 0 Å². The molecule has 0 unspecified atom stereocenters. The van der Waals surface area contributed by atoms with Gasteiger partial charge in [0.2, 0.25) is 0 Å². The van der Waals surface area contributed by atoms with E-state index in [4.69, 9.17) is 0 Å². The highest BCUT2D eigenvalue weighted by Crippen LogP contribution is 2.07. The van der Waals surface area contributed by atoms with Crippen molar-refractivity contribution in [2.24, 2.45) is 5.10 Å². The fraction of sp³-hybridized carbons (Fsp3) is 0.500. The SMILES string of the molecule is CC1=N[N+](C)(C)C=C1. The summed E-state index contributed by atoms with van der Waals surface area (Å²) < 4.78 is 0.645. The van der Waals surface area contributed by atoms with E-state index in [0.29, 0.717) is 4.59 Å². The van der Waals surface area contributed by atoms with Crippen LogP contribution in [0.25, 0.3) is 0 Å². The van der Waals surface area contributed by atoms with Gasteiger partial charge in [0.25, 0.3) is 0 Å². The Hall–Kier alpha value is -0.630. The van der Waals surface area contributed by atoms with Crippen LogP contribution >= 0.6 is 0 Å². The Balaban J connectivity index is 2.84.